The van der Waals surface area contributed by atoms with Gasteiger partial charge in [0.2, 0.25) is 0 Å². The summed E-state index contributed by atoms with van der Waals surface area (Å²) >= 11 is 0. The molecule has 0 unspecified atom stereocenters. The first-order valence-electron chi connectivity index (χ1n) is 10.1. The number of amidine groups is 1. The zero-order valence-corrected chi connectivity index (χ0v) is 16.9. The number of anilines is 2. The largest absolute Gasteiger partial charge is 0.333 e. The summed E-state index contributed by atoms with van der Waals surface area (Å²) in [5.41, 5.74) is 5.02. The van der Waals surface area contributed by atoms with Gasteiger partial charge in [-0.15, -0.1) is 0 Å². The lowest BCUT2D eigenvalue weighted by molar-refractivity contribution is 0.629. The van der Waals surface area contributed by atoms with Gasteiger partial charge < -0.3 is 16.6 Å². The van der Waals surface area contributed by atoms with Gasteiger partial charge in [0.05, 0.1) is 5.69 Å². The van der Waals surface area contributed by atoms with E-state index in [0.717, 1.165) is 24.0 Å². The molecular weight excluding hydrogens is 397 g/mol. The molecule has 0 atom stereocenters. The highest BCUT2D eigenvalue weighted by atomic mass is 19.1. The van der Waals surface area contributed by atoms with Crippen molar-refractivity contribution in [2.75, 3.05) is 5.32 Å². The molecule has 31 heavy (non-hydrogen) atoms. The Bertz CT molecular complexity index is 1150. The van der Waals surface area contributed by atoms with Crippen molar-refractivity contribution in [3.8, 4) is 5.69 Å². The number of hydrazone groups is 1. The third-order valence-electron chi connectivity index (χ3n) is 5.32. The summed E-state index contributed by atoms with van der Waals surface area (Å²) in [6.07, 6.45) is 6.54. The number of aryl methyl sites for hydroxylation is 1. The molecule has 4 rings (SSSR count). The number of aromatic nitrogens is 2. The Morgan fingerprint density at radius 2 is 2.00 bits per heavy atom. The molecule has 1 aromatic heterocycles. The fourth-order valence-corrected chi connectivity index (χ4v) is 3.39. The molecule has 0 aliphatic heterocycles. The highest BCUT2D eigenvalue weighted by Crippen LogP contribution is 2.40. The molecule has 6 N–H and O–H groups in total. The molecule has 0 saturated heterocycles. The van der Waals surface area contributed by atoms with Crippen molar-refractivity contribution in [1.82, 2.24) is 15.0 Å². The number of rotatable bonds is 7. The van der Waals surface area contributed by atoms with Crippen molar-refractivity contribution in [1.29, 1.82) is 0 Å². The maximum Gasteiger partial charge on any atom is 0.298 e. The van der Waals surface area contributed by atoms with Gasteiger partial charge in [0.1, 0.15) is 11.7 Å². The lowest BCUT2D eigenvalue weighted by Crippen LogP contribution is -2.31. The fourth-order valence-electron chi connectivity index (χ4n) is 3.39. The van der Waals surface area contributed by atoms with Crippen LogP contribution in [-0.2, 0) is 6.42 Å². The van der Waals surface area contributed by atoms with Crippen LogP contribution in [0.25, 0.3) is 5.69 Å². The topological polar surface area (TPSA) is 123 Å². The summed E-state index contributed by atoms with van der Waals surface area (Å²) < 4.78 is 15.9. The van der Waals surface area contributed by atoms with E-state index in [1.165, 1.54) is 16.8 Å². The van der Waals surface area contributed by atoms with E-state index in [1.807, 2.05) is 30.3 Å². The van der Waals surface area contributed by atoms with Crippen LogP contribution >= 0.6 is 0 Å². The van der Waals surface area contributed by atoms with Gasteiger partial charge >= 0.3 is 0 Å². The highest BCUT2D eigenvalue weighted by Gasteiger charge is 2.24. The zero-order chi connectivity index (χ0) is 21.8. The van der Waals surface area contributed by atoms with Crippen LogP contribution in [0.3, 0.4) is 0 Å². The minimum atomic E-state index is -0.391. The van der Waals surface area contributed by atoms with Crippen LogP contribution in [0.5, 0.6) is 0 Å². The van der Waals surface area contributed by atoms with E-state index in [4.69, 9.17) is 11.7 Å². The summed E-state index contributed by atoms with van der Waals surface area (Å²) in [6.45, 7) is 0. The first-order valence-corrected chi connectivity index (χ1v) is 10.1. The molecule has 1 aliphatic rings. The van der Waals surface area contributed by atoms with Crippen LogP contribution < -0.4 is 28.0 Å². The van der Waals surface area contributed by atoms with Crippen LogP contribution in [-0.4, -0.2) is 15.4 Å². The monoisotopic (exact) mass is 421 g/mol. The van der Waals surface area contributed by atoms with Gasteiger partial charge in [-0.1, -0.05) is 18.2 Å². The molecule has 1 saturated carbocycles. The fraction of sp³-hybridized carbons (Fsp3) is 0.227. The van der Waals surface area contributed by atoms with E-state index < -0.39 is 5.82 Å². The molecule has 2 aromatic carbocycles. The molecule has 0 bridgehead atoms. The lowest BCUT2D eigenvalue weighted by atomic mass is 10.1. The summed E-state index contributed by atoms with van der Waals surface area (Å²) in [5.74, 6) is 11.2. The molecular formula is C22H24FN7O. The second kappa shape index (κ2) is 8.97. The molecule has 1 fully saturated rings. The number of hydrogen-bond acceptors (Lipinski definition) is 6. The first kappa shape index (κ1) is 20.5. The maximum atomic E-state index is 14.5. The molecule has 9 heteroatoms. The Morgan fingerprint density at radius 1 is 1.23 bits per heavy atom. The average Bonchev–Trinajstić information content (AvgIpc) is 3.63. The molecule has 0 radical (unpaired) electrons. The van der Waals surface area contributed by atoms with Crippen LogP contribution in [0.15, 0.2) is 64.8 Å². The van der Waals surface area contributed by atoms with Crippen LogP contribution in [0.2, 0.25) is 0 Å². The van der Waals surface area contributed by atoms with Crippen LogP contribution in [0.4, 0.5) is 15.9 Å². The van der Waals surface area contributed by atoms with Crippen molar-refractivity contribution in [3.05, 3.63) is 82.2 Å². The molecule has 0 amide bonds. The van der Waals surface area contributed by atoms with Crippen LogP contribution in [0.1, 0.15) is 36.3 Å². The summed E-state index contributed by atoms with van der Waals surface area (Å²) in [5, 5.41) is 6.39. The number of nitrogens with one attached hydrogen (secondary N) is 2. The summed E-state index contributed by atoms with van der Waals surface area (Å²) in [6, 6.07) is 12.6. The van der Waals surface area contributed by atoms with Gasteiger partial charge in [-0.2, -0.15) is 5.10 Å². The Hall–Kier alpha value is -3.72. The lowest BCUT2D eigenvalue weighted by Gasteiger charge is -2.11. The SMILES string of the molecule is N/N=C(/CCc1ccc(-n2ccnc(Nc3ccc(C4CC4)cc3F)c2=O)cc1)NN. The van der Waals surface area contributed by atoms with Gasteiger partial charge in [-0.25, -0.2) is 15.2 Å². The molecule has 1 aliphatic carbocycles. The predicted molar refractivity (Wildman–Crippen MR) is 119 cm³/mol. The summed E-state index contributed by atoms with van der Waals surface area (Å²) in [7, 11) is 0. The number of nitrogens with two attached hydrogens (primary N) is 2. The second-order valence-electron chi connectivity index (χ2n) is 7.48. The third-order valence-corrected chi connectivity index (χ3v) is 5.32. The smallest absolute Gasteiger partial charge is 0.298 e. The zero-order valence-electron chi connectivity index (χ0n) is 16.9. The number of hydrazine groups is 1. The minimum Gasteiger partial charge on any atom is -0.333 e. The van der Waals surface area contributed by atoms with E-state index in [9.17, 15) is 9.18 Å². The Balaban J connectivity index is 1.52. The molecule has 1 heterocycles. The first-order chi connectivity index (χ1) is 15.1. The van der Waals surface area contributed by atoms with Crippen molar-refractivity contribution < 1.29 is 4.39 Å². The number of hydrogen-bond donors (Lipinski definition) is 4. The van der Waals surface area contributed by atoms with Gasteiger partial charge in [0.25, 0.3) is 5.56 Å². The van der Waals surface area contributed by atoms with Crippen LogP contribution in [0, 0.1) is 5.82 Å². The minimum absolute atomic E-state index is 0.0578. The maximum absolute atomic E-state index is 14.5. The summed E-state index contributed by atoms with van der Waals surface area (Å²) in [4.78, 5) is 17.0. The Morgan fingerprint density at radius 3 is 2.65 bits per heavy atom. The van der Waals surface area contributed by atoms with E-state index in [1.54, 1.807) is 12.3 Å². The number of benzene rings is 2. The van der Waals surface area contributed by atoms with Crippen molar-refractivity contribution >= 4 is 17.3 Å². The van der Waals surface area contributed by atoms with E-state index in [2.05, 4.69) is 20.8 Å². The standard InChI is InChI=1S/C22H24FN7O/c23-18-13-16(15-4-5-15)6-9-19(18)27-21-22(31)30(12-11-26-21)17-7-1-14(2-8-17)3-10-20(28-24)29-25/h1-2,6-9,11-13,15H,3-5,10,24-25H2,(H,26,27)(H,28,29). The normalized spacial score (nSPS) is 13.8. The average molecular weight is 421 g/mol. The number of halogens is 1. The Kier molecular flexibility index (Phi) is 5.94. The van der Waals surface area contributed by atoms with Crippen molar-refractivity contribution in [2.45, 2.75) is 31.6 Å². The molecule has 0 spiro atoms. The molecule has 3 aromatic rings. The van der Waals surface area contributed by atoms with Gasteiger partial charge in [0.15, 0.2) is 5.82 Å². The highest BCUT2D eigenvalue weighted by molar-refractivity contribution is 5.81. The molecule has 160 valence electrons. The molecule has 8 nitrogen and oxygen atoms in total. The second-order valence-corrected chi connectivity index (χ2v) is 7.48. The number of nitrogens with zero attached hydrogens (tertiary/aromatic N) is 3. The van der Waals surface area contributed by atoms with Gasteiger partial charge in [0, 0.05) is 24.5 Å². The van der Waals surface area contributed by atoms with Gasteiger partial charge in [-0.3, -0.25) is 9.36 Å². The predicted octanol–water partition coefficient (Wildman–Crippen LogP) is 2.66. The quantitative estimate of drug-likeness (QED) is 0.201. The van der Waals surface area contributed by atoms with Gasteiger partial charge in [-0.05, 0) is 60.6 Å². The Labute approximate surface area is 178 Å². The van der Waals surface area contributed by atoms with Crippen molar-refractivity contribution in [3.63, 3.8) is 0 Å². The van der Waals surface area contributed by atoms with E-state index in [-0.39, 0.29) is 17.1 Å². The van der Waals surface area contributed by atoms with E-state index in [0.29, 0.717) is 30.3 Å². The van der Waals surface area contributed by atoms with E-state index >= 15 is 0 Å². The van der Waals surface area contributed by atoms with Crippen molar-refractivity contribution in [2.24, 2.45) is 16.8 Å². The third kappa shape index (κ3) is 4.72.